The third-order valence-corrected chi connectivity index (χ3v) is 3.44. The molecule has 0 heterocycles. The quantitative estimate of drug-likeness (QED) is 0.356. The Kier molecular flexibility index (Phi) is 7.29. The molecule has 0 amide bonds. The smallest absolute Gasteiger partial charge is 0.0819 e. The van der Waals surface area contributed by atoms with Gasteiger partial charge in [0.1, 0.15) is 0 Å². The van der Waals surface area contributed by atoms with Crippen molar-refractivity contribution in [3.05, 3.63) is 0 Å². The van der Waals surface area contributed by atoms with Crippen LogP contribution in [0.2, 0.25) is 0 Å². The molecule has 0 radical (unpaired) electrons. The predicted molar refractivity (Wildman–Crippen MR) is 55.7 cm³/mol. The summed E-state index contributed by atoms with van der Waals surface area (Å²) in [5.74, 6) is 0. The highest BCUT2D eigenvalue weighted by Crippen LogP contribution is 2.35. The first-order chi connectivity index (χ1) is 6.24. The van der Waals surface area contributed by atoms with Gasteiger partial charge in [-0.1, -0.05) is 46.5 Å². The van der Waals surface area contributed by atoms with Gasteiger partial charge < -0.3 is 0 Å². The van der Waals surface area contributed by atoms with Crippen molar-refractivity contribution in [3.8, 4) is 0 Å². The van der Waals surface area contributed by atoms with Crippen molar-refractivity contribution < 1.29 is 10.1 Å². The second-order valence-corrected chi connectivity index (χ2v) is 3.85. The van der Waals surface area contributed by atoms with Crippen molar-refractivity contribution in [2.24, 2.45) is 5.41 Å². The van der Waals surface area contributed by atoms with Gasteiger partial charge in [0.15, 0.2) is 0 Å². The summed E-state index contributed by atoms with van der Waals surface area (Å²) in [7, 11) is 0. The third kappa shape index (κ3) is 4.63. The van der Waals surface area contributed by atoms with E-state index in [0.29, 0.717) is 12.0 Å². The molecular weight excluding hydrogens is 164 g/mol. The Morgan fingerprint density at radius 2 is 1.54 bits per heavy atom. The highest BCUT2D eigenvalue weighted by Gasteiger charge is 2.22. The van der Waals surface area contributed by atoms with E-state index in [4.69, 9.17) is 5.26 Å². The Balaban J connectivity index is 3.68. The van der Waals surface area contributed by atoms with Crippen LogP contribution < -0.4 is 0 Å². The normalized spacial score (nSPS) is 12.0. The van der Waals surface area contributed by atoms with Crippen molar-refractivity contribution >= 4 is 0 Å². The van der Waals surface area contributed by atoms with Gasteiger partial charge in [0.05, 0.1) is 6.61 Å². The van der Waals surface area contributed by atoms with E-state index in [1.54, 1.807) is 0 Å². The van der Waals surface area contributed by atoms with Crippen LogP contribution in [0.5, 0.6) is 0 Å². The molecule has 0 unspecified atom stereocenters. The fourth-order valence-corrected chi connectivity index (χ4v) is 1.95. The summed E-state index contributed by atoms with van der Waals surface area (Å²) >= 11 is 0. The molecule has 0 fully saturated rings. The van der Waals surface area contributed by atoms with E-state index in [9.17, 15) is 0 Å². The van der Waals surface area contributed by atoms with E-state index in [-0.39, 0.29) is 0 Å². The Labute approximate surface area is 82.2 Å². The van der Waals surface area contributed by atoms with Crippen molar-refractivity contribution in [2.45, 2.75) is 59.3 Å². The second kappa shape index (κ2) is 7.34. The fourth-order valence-electron chi connectivity index (χ4n) is 1.95. The first-order valence-corrected chi connectivity index (χ1v) is 5.51. The SMILES string of the molecule is CCC(CC)(CC)CCCCOO. The van der Waals surface area contributed by atoms with Crippen molar-refractivity contribution in [1.29, 1.82) is 0 Å². The van der Waals surface area contributed by atoms with Gasteiger partial charge in [-0.05, 0) is 18.3 Å². The molecule has 0 spiro atoms. The molecule has 0 aromatic heterocycles. The van der Waals surface area contributed by atoms with E-state index >= 15 is 0 Å². The van der Waals surface area contributed by atoms with Crippen LogP contribution in [0.25, 0.3) is 0 Å². The van der Waals surface area contributed by atoms with Gasteiger partial charge in [-0.15, -0.1) is 0 Å². The van der Waals surface area contributed by atoms with E-state index in [2.05, 4.69) is 25.7 Å². The maximum absolute atomic E-state index is 8.17. The molecule has 1 N–H and O–H groups in total. The molecule has 2 heteroatoms. The molecule has 0 saturated carbocycles. The van der Waals surface area contributed by atoms with Gasteiger partial charge >= 0.3 is 0 Å². The van der Waals surface area contributed by atoms with Gasteiger partial charge in [0.2, 0.25) is 0 Å². The Bertz CT molecular complexity index is 100. The van der Waals surface area contributed by atoms with Crippen molar-refractivity contribution in [3.63, 3.8) is 0 Å². The third-order valence-electron chi connectivity index (χ3n) is 3.44. The molecular formula is C11H24O2. The summed E-state index contributed by atoms with van der Waals surface area (Å²) in [6.45, 7) is 7.30. The second-order valence-electron chi connectivity index (χ2n) is 3.85. The topological polar surface area (TPSA) is 29.5 Å². The lowest BCUT2D eigenvalue weighted by Gasteiger charge is -2.30. The van der Waals surface area contributed by atoms with Gasteiger partial charge in [-0.3, -0.25) is 5.26 Å². The highest BCUT2D eigenvalue weighted by molar-refractivity contribution is 4.74. The molecule has 0 aromatic carbocycles. The lowest BCUT2D eigenvalue weighted by molar-refractivity contribution is -0.242. The summed E-state index contributed by atoms with van der Waals surface area (Å²) in [5.41, 5.74) is 0.537. The standard InChI is InChI=1S/C11H24O2/c1-4-11(5-2,6-3)9-7-8-10-13-12/h12H,4-10H2,1-3H3. The zero-order chi connectivity index (χ0) is 10.2. The minimum atomic E-state index is 0.479. The first-order valence-electron chi connectivity index (χ1n) is 5.51. The summed E-state index contributed by atoms with van der Waals surface area (Å²) in [6, 6.07) is 0. The van der Waals surface area contributed by atoms with Crippen molar-refractivity contribution in [1.82, 2.24) is 0 Å². The zero-order valence-corrected chi connectivity index (χ0v) is 9.31. The molecule has 0 bridgehead atoms. The summed E-state index contributed by atoms with van der Waals surface area (Å²) in [5, 5.41) is 8.17. The number of rotatable bonds is 8. The van der Waals surface area contributed by atoms with Crippen molar-refractivity contribution in [2.75, 3.05) is 6.61 Å². The average Bonchev–Trinajstić information content (AvgIpc) is 2.20. The average molecular weight is 188 g/mol. The fraction of sp³-hybridized carbons (Fsp3) is 1.00. The van der Waals surface area contributed by atoms with Gasteiger partial charge in [-0.25, -0.2) is 4.89 Å². The zero-order valence-electron chi connectivity index (χ0n) is 9.31. The Morgan fingerprint density at radius 3 is 1.92 bits per heavy atom. The molecule has 0 rings (SSSR count). The van der Waals surface area contributed by atoms with Crippen LogP contribution in [0, 0.1) is 5.41 Å². The van der Waals surface area contributed by atoms with Crippen LogP contribution >= 0.6 is 0 Å². The molecule has 0 aliphatic heterocycles. The van der Waals surface area contributed by atoms with Crippen LogP contribution in [-0.2, 0) is 4.89 Å². The molecule has 80 valence electrons. The maximum Gasteiger partial charge on any atom is 0.0819 e. The molecule has 2 nitrogen and oxygen atoms in total. The lowest BCUT2D eigenvalue weighted by Crippen LogP contribution is -2.17. The van der Waals surface area contributed by atoms with Crippen LogP contribution in [0.1, 0.15) is 59.3 Å². The molecule has 0 aliphatic carbocycles. The van der Waals surface area contributed by atoms with Crippen LogP contribution in [0.15, 0.2) is 0 Å². The molecule has 0 aromatic rings. The first kappa shape index (κ1) is 12.9. The van der Waals surface area contributed by atoms with Crippen LogP contribution in [-0.4, -0.2) is 11.9 Å². The summed E-state index contributed by atoms with van der Waals surface area (Å²) < 4.78 is 0. The Hall–Kier alpha value is -0.0800. The molecule has 13 heavy (non-hydrogen) atoms. The number of hydrogen-bond acceptors (Lipinski definition) is 2. The van der Waals surface area contributed by atoms with Gasteiger partial charge in [0, 0.05) is 0 Å². The van der Waals surface area contributed by atoms with E-state index in [0.717, 1.165) is 12.8 Å². The minimum Gasteiger partial charge on any atom is -0.252 e. The van der Waals surface area contributed by atoms with E-state index < -0.39 is 0 Å². The van der Waals surface area contributed by atoms with Gasteiger partial charge in [-0.2, -0.15) is 0 Å². The van der Waals surface area contributed by atoms with E-state index in [1.807, 2.05) is 0 Å². The molecule has 0 saturated heterocycles. The van der Waals surface area contributed by atoms with Gasteiger partial charge in [0.25, 0.3) is 0 Å². The maximum atomic E-state index is 8.17. The number of unbranched alkanes of at least 4 members (excludes halogenated alkanes) is 1. The highest BCUT2D eigenvalue weighted by atomic mass is 17.1. The number of hydrogen-bond donors (Lipinski definition) is 1. The largest absolute Gasteiger partial charge is 0.252 e. The van der Waals surface area contributed by atoms with E-state index in [1.165, 1.54) is 25.7 Å². The molecule has 0 aliphatic rings. The minimum absolute atomic E-state index is 0.479. The Morgan fingerprint density at radius 1 is 1.00 bits per heavy atom. The summed E-state index contributed by atoms with van der Waals surface area (Å²) in [4.78, 5) is 4.06. The molecule has 0 atom stereocenters. The lowest BCUT2D eigenvalue weighted by atomic mass is 9.76. The summed E-state index contributed by atoms with van der Waals surface area (Å²) in [6.07, 6.45) is 7.19. The van der Waals surface area contributed by atoms with Crippen LogP contribution in [0.4, 0.5) is 0 Å². The predicted octanol–water partition coefficient (Wildman–Crippen LogP) is 3.86. The monoisotopic (exact) mass is 188 g/mol. The van der Waals surface area contributed by atoms with Crippen LogP contribution in [0.3, 0.4) is 0 Å².